The van der Waals surface area contributed by atoms with Gasteiger partial charge in [-0.05, 0) is 50.2 Å². The maximum Gasteiger partial charge on any atom is 0.251 e. The summed E-state index contributed by atoms with van der Waals surface area (Å²) in [4.78, 5) is 24.7. The van der Waals surface area contributed by atoms with E-state index in [-0.39, 0.29) is 23.6 Å². The Kier molecular flexibility index (Phi) is 7.48. The molecule has 2 N–H and O–H groups in total. The standard InChI is InChI=1S/C21H22ClN5O2S/c1-3-27-19(14(2)23-20(29)15-9-11-16(22)12-10-15)25-26-21(27)30-13-18(28)24-17-7-5-4-6-8-17/h4-12,14H,3,13H2,1-2H3,(H,23,29)(H,24,28)/t14-/m1/s1. The number of hydrogen-bond acceptors (Lipinski definition) is 5. The lowest BCUT2D eigenvalue weighted by molar-refractivity contribution is -0.113. The van der Waals surface area contributed by atoms with Crippen LogP contribution in [0.25, 0.3) is 0 Å². The summed E-state index contributed by atoms with van der Waals surface area (Å²) in [6, 6.07) is 15.6. The fourth-order valence-electron chi connectivity index (χ4n) is 2.82. The average molecular weight is 444 g/mol. The summed E-state index contributed by atoms with van der Waals surface area (Å²) >= 11 is 7.18. The summed E-state index contributed by atoms with van der Waals surface area (Å²) in [5.41, 5.74) is 1.26. The molecular weight excluding hydrogens is 422 g/mol. The fourth-order valence-corrected chi connectivity index (χ4v) is 3.75. The van der Waals surface area contributed by atoms with Gasteiger partial charge in [-0.3, -0.25) is 9.59 Å². The van der Waals surface area contributed by atoms with Gasteiger partial charge < -0.3 is 15.2 Å². The van der Waals surface area contributed by atoms with Gasteiger partial charge >= 0.3 is 0 Å². The quantitative estimate of drug-likeness (QED) is 0.510. The van der Waals surface area contributed by atoms with Crippen LogP contribution in [0.5, 0.6) is 0 Å². The molecule has 7 nitrogen and oxygen atoms in total. The summed E-state index contributed by atoms with van der Waals surface area (Å²) < 4.78 is 1.90. The van der Waals surface area contributed by atoms with Crippen molar-refractivity contribution in [1.29, 1.82) is 0 Å². The molecule has 0 bridgehead atoms. The number of aromatic nitrogens is 3. The molecule has 2 amide bonds. The van der Waals surface area contributed by atoms with Crippen molar-refractivity contribution in [2.75, 3.05) is 11.1 Å². The lowest BCUT2D eigenvalue weighted by Crippen LogP contribution is -2.28. The Balaban J connectivity index is 1.62. The first-order chi connectivity index (χ1) is 14.5. The molecule has 0 spiro atoms. The van der Waals surface area contributed by atoms with Crippen LogP contribution in [0, 0.1) is 0 Å². The molecule has 3 aromatic rings. The molecule has 1 heterocycles. The minimum absolute atomic E-state index is 0.123. The van der Waals surface area contributed by atoms with Gasteiger partial charge in [0, 0.05) is 22.8 Å². The molecule has 2 aromatic carbocycles. The molecule has 0 aliphatic heterocycles. The maximum atomic E-state index is 12.5. The summed E-state index contributed by atoms with van der Waals surface area (Å²) in [5.74, 6) is 0.493. The number of carbonyl (C=O) groups excluding carboxylic acids is 2. The Morgan fingerprint density at radius 2 is 1.80 bits per heavy atom. The van der Waals surface area contributed by atoms with E-state index in [0.717, 1.165) is 5.69 Å². The Bertz CT molecular complexity index is 1010. The first kappa shape index (κ1) is 21.9. The molecule has 0 saturated carbocycles. The van der Waals surface area contributed by atoms with Crippen LogP contribution in [-0.2, 0) is 11.3 Å². The summed E-state index contributed by atoms with van der Waals surface area (Å²) in [7, 11) is 0. The second-order valence-electron chi connectivity index (χ2n) is 6.49. The van der Waals surface area contributed by atoms with E-state index in [1.165, 1.54) is 11.8 Å². The number of amides is 2. The number of halogens is 1. The van der Waals surface area contributed by atoms with E-state index in [2.05, 4.69) is 20.8 Å². The molecule has 1 aromatic heterocycles. The first-order valence-corrected chi connectivity index (χ1v) is 10.8. The molecule has 156 valence electrons. The predicted molar refractivity (Wildman–Crippen MR) is 119 cm³/mol. The third-order valence-electron chi connectivity index (χ3n) is 4.29. The first-order valence-electron chi connectivity index (χ1n) is 9.45. The van der Waals surface area contributed by atoms with Crippen LogP contribution in [0.1, 0.15) is 36.1 Å². The largest absolute Gasteiger partial charge is 0.342 e. The third kappa shape index (κ3) is 5.61. The van der Waals surface area contributed by atoms with E-state index in [4.69, 9.17) is 11.6 Å². The number of thioether (sulfide) groups is 1. The van der Waals surface area contributed by atoms with Crippen molar-refractivity contribution in [3.05, 3.63) is 71.0 Å². The summed E-state index contributed by atoms with van der Waals surface area (Å²) in [6.07, 6.45) is 0. The van der Waals surface area contributed by atoms with Crippen LogP contribution in [0.2, 0.25) is 5.02 Å². The van der Waals surface area contributed by atoms with Gasteiger partial charge in [0.05, 0.1) is 11.8 Å². The lowest BCUT2D eigenvalue weighted by Gasteiger charge is -2.15. The zero-order chi connectivity index (χ0) is 21.5. The number of benzene rings is 2. The van der Waals surface area contributed by atoms with Crippen molar-refractivity contribution >= 4 is 40.9 Å². The highest BCUT2D eigenvalue weighted by Gasteiger charge is 2.20. The zero-order valence-corrected chi connectivity index (χ0v) is 18.2. The Morgan fingerprint density at radius 3 is 2.47 bits per heavy atom. The van der Waals surface area contributed by atoms with E-state index in [9.17, 15) is 9.59 Å². The molecule has 0 fully saturated rings. The number of hydrogen-bond donors (Lipinski definition) is 2. The number of carbonyl (C=O) groups is 2. The fraction of sp³-hybridized carbons (Fsp3) is 0.238. The Morgan fingerprint density at radius 1 is 1.10 bits per heavy atom. The molecule has 0 aliphatic carbocycles. The van der Waals surface area contributed by atoms with Gasteiger partial charge in [0.2, 0.25) is 5.91 Å². The van der Waals surface area contributed by atoms with Crippen LogP contribution < -0.4 is 10.6 Å². The van der Waals surface area contributed by atoms with Crippen LogP contribution in [0.3, 0.4) is 0 Å². The van der Waals surface area contributed by atoms with Crippen LogP contribution in [-0.4, -0.2) is 32.3 Å². The molecular formula is C21H22ClN5O2S. The predicted octanol–water partition coefficient (Wildman–Crippen LogP) is 4.17. The van der Waals surface area contributed by atoms with E-state index in [0.29, 0.717) is 28.1 Å². The second-order valence-corrected chi connectivity index (χ2v) is 7.87. The van der Waals surface area contributed by atoms with Gasteiger partial charge in [-0.15, -0.1) is 10.2 Å². The third-order valence-corrected chi connectivity index (χ3v) is 5.51. The molecule has 30 heavy (non-hydrogen) atoms. The van der Waals surface area contributed by atoms with Crippen molar-refractivity contribution in [2.45, 2.75) is 31.6 Å². The molecule has 0 radical (unpaired) electrons. The zero-order valence-electron chi connectivity index (χ0n) is 16.6. The highest BCUT2D eigenvalue weighted by atomic mass is 35.5. The minimum atomic E-state index is -0.354. The Labute approximate surface area is 184 Å². The summed E-state index contributed by atoms with van der Waals surface area (Å²) in [5, 5.41) is 15.4. The smallest absolute Gasteiger partial charge is 0.251 e. The van der Waals surface area contributed by atoms with Crippen molar-refractivity contribution in [2.24, 2.45) is 0 Å². The van der Waals surface area contributed by atoms with E-state index in [1.54, 1.807) is 24.3 Å². The van der Waals surface area contributed by atoms with Crippen LogP contribution in [0.4, 0.5) is 5.69 Å². The van der Waals surface area contributed by atoms with E-state index >= 15 is 0 Å². The average Bonchev–Trinajstić information content (AvgIpc) is 3.16. The molecule has 0 saturated heterocycles. The van der Waals surface area contributed by atoms with Crippen LogP contribution in [0.15, 0.2) is 59.8 Å². The van der Waals surface area contributed by atoms with Crippen molar-refractivity contribution < 1.29 is 9.59 Å². The monoisotopic (exact) mass is 443 g/mol. The molecule has 0 aliphatic rings. The second kappa shape index (κ2) is 10.3. The number of anilines is 1. The topological polar surface area (TPSA) is 88.9 Å². The molecule has 0 unspecified atom stereocenters. The van der Waals surface area contributed by atoms with E-state index in [1.807, 2.05) is 48.7 Å². The van der Waals surface area contributed by atoms with Crippen molar-refractivity contribution in [3.8, 4) is 0 Å². The van der Waals surface area contributed by atoms with Gasteiger partial charge in [0.25, 0.3) is 5.91 Å². The van der Waals surface area contributed by atoms with Gasteiger partial charge in [0.1, 0.15) is 0 Å². The molecule has 9 heteroatoms. The van der Waals surface area contributed by atoms with Gasteiger partial charge in [-0.1, -0.05) is 41.6 Å². The number of rotatable bonds is 8. The maximum absolute atomic E-state index is 12.5. The number of para-hydroxylation sites is 1. The Hall–Kier alpha value is -2.84. The molecule has 3 rings (SSSR count). The highest BCUT2D eigenvalue weighted by molar-refractivity contribution is 7.99. The van der Waals surface area contributed by atoms with Gasteiger partial charge in [0.15, 0.2) is 11.0 Å². The lowest BCUT2D eigenvalue weighted by atomic mass is 10.2. The van der Waals surface area contributed by atoms with Crippen LogP contribution >= 0.6 is 23.4 Å². The van der Waals surface area contributed by atoms with E-state index < -0.39 is 0 Å². The number of nitrogens with one attached hydrogen (secondary N) is 2. The van der Waals surface area contributed by atoms with Crippen molar-refractivity contribution in [3.63, 3.8) is 0 Å². The SMILES string of the molecule is CCn1c(SCC(=O)Nc2ccccc2)nnc1[C@@H](C)NC(=O)c1ccc(Cl)cc1. The highest BCUT2D eigenvalue weighted by Crippen LogP contribution is 2.21. The number of nitrogens with zero attached hydrogens (tertiary/aromatic N) is 3. The minimum Gasteiger partial charge on any atom is -0.342 e. The van der Waals surface area contributed by atoms with Crippen molar-refractivity contribution in [1.82, 2.24) is 20.1 Å². The van der Waals surface area contributed by atoms with Gasteiger partial charge in [-0.25, -0.2) is 0 Å². The van der Waals surface area contributed by atoms with Gasteiger partial charge in [-0.2, -0.15) is 0 Å². The summed E-state index contributed by atoms with van der Waals surface area (Å²) in [6.45, 7) is 4.43. The normalized spacial score (nSPS) is 11.7. The molecule has 1 atom stereocenters.